The van der Waals surface area contributed by atoms with Crippen molar-refractivity contribution >= 4 is 27.6 Å². The molecule has 4 nitrogen and oxygen atoms in total. The van der Waals surface area contributed by atoms with E-state index >= 15 is 0 Å². The predicted octanol–water partition coefficient (Wildman–Crippen LogP) is 9.56. The van der Waals surface area contributed by atoms with Crippen LogP contribution in [0.5, 0.6) is 0 Å². The molecule has 1 fully saturated rings. The summed E-state index contributed by atoms with van der Waals surface area (Å²) in [5.74, 6) is 0.957. The Bertz CT molecular complexity index is 2280. The van der Waals surface area contributed by atoms with E-state index in [1.165, 1.54) is 55.2 Å². The number of nitrogens with zero attached hydrogens (tertiary/aromatic N) is 3. The number of hydrogen-bond donors (Lipinski definition) is 1. The molecule has 46 heavy (non-hydrogen) atoms. The number of benzene rings is 6. The number of hydrazine groups is 1. The Hall–Kier alpha value is -5.45. The number of amidine groups is 1. The van der Waals surface area contributed by atoms with Crippen LogP contribution in [0.25, 0.3) is 38.6 Å². The predicted molar refractivity (Wildman–Crippen MR) is 189 cm³/mol. The van der Waals surface area contributed by atoms with Gasteiger partial charge in [0.25, 0.3) is 0 Å². The first-order valence-corrected chi connectivity index (χ1v) is 16.0. The number of aromatic nitrogens is 1. The molecule has 2 heterocycles. The molecule has 7 aromatic rings. The maximum atomic E-state index is 5.14. The van der Waals surface area contributed by atoms with Crippen LogP contribution in [0, 0.1) is 0 Å². The molecule has 1 aliphatic carbocycles. The van der Waals surface area contributed by atoms with Crippen molar-refractivity contribution in [3.63, 3.8) is 0 Å². The third-order valence-corrected chi connectivity index (χ3v) is 9.81. The highest BCUT2D eigenvalue weighted by molar-refractivity contribution is 6.11. The summed E-state index contributed by atoms with van der Waals surface area (Å²) in [6.07, 6.45) is 0.136. The highest BCUT2D eigenvalue weighted by Crippen LogP contribution is 2.50. The number of para-hydroxylation sites is 1. The second kappa shape index (κ2) is 10.3. The first-order chi connectivity index (χ1) is 22.6. The second-order valence-electron chi connectivity index (χ2n) is 12.9. The van der Waals surface area contributed by atoms with Gasteiger partial charge in [-0.2, -0.15) is 0 Å². The zero-order valence-electron chi connectivity index (χ0n) is 26.0. The molecule has 0 radical (unpaired) electrons. The largest absolute Gasteiger partial charge is 0.309 e. The molecular formula is C42H34N4. The van der Waals surface area contributed by atoms with Gasteiger partial charge in [-0.25, -0.2) is 5.43 Å². The van der Waals surface area contributed by atoms with Gasteiger partial charge in [0.2, 0.25) is 0 Å². The third-order valence-electron chi connectivity index (χ3n) is 9.81. The molecule has 1 aromatic heterocycles. The minimum Gasteiger partial charge on any atom is -0.309 e. The molecule has 4 heteroatoms. The fourth-order valence-corrected chi connectivity index (χ4v) is 7.39. The summed E-state index contributed by atoms with van der Waals surface area (Å²) >= 11 is 0. The normalized spacial score (nSPS) is 16.5. The van der Waals surface area contributed by atoms with Crippen LogP contribution >= 0.6 is 0 Å². The zero-order valence-corrected chi connectivity index (χ0v) is 26.0. The summed E-state index contributed by atoms with van der Waals surface area (Å²) in [6, 6.07) is 52.4. The molecule has 2 aliphatic rings. The molecule has 0 saturated carbocycles. The average Bonchev–Trinajstić information content (AvgIpc) is 3.78. The van der Waals surface area contributed by atoms with Crippen molar-refractivity contribution in [2.75, 3.05) is 0 Å². The van der Waals surface area contributed by atoms with Crippen molar-refractivity contribution in [3.8, 4) is 16.8 Å². The number of aliphatic imine (C=N–C) groups is 1. The SMILES string of the molecule is CC1(C)c2ccccc2-c2cc3c4ccccc4n(-c4ccc(C/N=C(/c5ccccc5)N5NC5c5ccccc5)cc4)c3cc21. The van der Waals surface area contributed by atoms with Gasteiger partial charge in [0.1, 0.15) is 12.0 Å². The highest BCUT2D eigenvalue weighted by atomic mass is 15.8. The third kappa shape index (κ3) is 4.22. The minimum atomic E-state index is -0.0499. The lowest BCUT2D eigenvalue weighted by atomic mass is 9.82. The summed E-state index contributed by atoms with van der Waals surface area (Å²) in [4.78, 5) is 5.14. The first kappa shape index (κ1) is 26.9. The van der Waals surface area contributed by atoms with Gasteiger partial charge in [0.15, 0.2) is 0 Å². The van der Waals surface area contributed by atoms with Crippen molar-refractivity contribution in [1.82, 2.24) is 15.0 Å². The van der Waals surface area contributed by atoms with Crippen LogP contribution in [0.15, 0.2) is 151 Å². The van der Waals surface area contributed by atoms with E-state index in [4.69, 9.17) is 4.99 Å². The average molecular weight is 595 g/mol. The second-order valence-corrected chi connectivity index (χ2v) is 12.9. The summed E-state index contributed by atoms with van der Waals surface area (Å²) in [7, 11) is 0. The van der Waals surface area contributed by atoms with Crippen molar-refractivity contribution in [2.45, 2.75) is 32.0 Å². The molecule has 1 aliphatic heterocycles. The Morgan fingerprint density at radius 1 is 0.652 bits per heavy atom. The molecule has 6 aromatic carbocycles. The Morgan fingerprint density at radius 3 is 2.15 bits per heavy atom. The molecule has 1 unspecified atom stereocenters. The molecule has 0 spiro atoms. The van der Waals surface area contributed by atoms with E-state index in [-0.39, 0.29) is 11.6 Å². The fourth-order valence-electron chi connectivity index (χ4n) is 7.39. The smallest absolute Gasteiger partial charge is 0.147 e. The summed E-state index contributed by atoms with van der Waals surface area (Å²) < 4.78 is 2.43. The van der Waals surface area contributed by atoms with Crippen molar-refractivity contribution in [3.05, 3.63) is 173 Å². The van der Waals surface area contributed by atoms with E-state index in [1.807, 2.05) is 6.07 Å². The standard InChI is InChI=1S/C42H34N4/c1-42(2)36-19-11-9-17-32(36)34-25-35-33-18-10-12-20-38(33)45(39(35)26-37(34)42)31-23-21-28(22-24-31)27-43-40(29-13-5-3-6-14-29)46-41(44-46)30-15-7-4-8-16-30/h3-26,41,44H,27H2,1-2H3/b43-40-. The fraction of sp³-hybridized carbons (Fsp3) is 0.119. The topological polar surface area (TPSA) is 42.2 Å². The number of fused-ring (bicyclic) bond motifs is 6. The maximum absolute atomic E-state index is 5.14. The summed E-state index contributed by atoms with van der Waals surface area (Å²) in [6.45, 7) is 5.30. The maximum Gasteiger partial charge on any atom is 0.147 e. The Morgan fingerprint density at radius 2 is 1.35 bits per heavy atom. The molecule has 1 atom stereocenters. The van der Waals surface area contributed by atoms with Crippen LogP contribution < -0.4 is 5.43 Å². The molecule has 1 N–H and O–H groups in total. The summed E-state index contributed by atoms with van der Waals surface area (Å²) in [5.41, 5.74) is 16.1. The van der Waals surface area contributed by atoms with Gasteiger partial charge in [-0.15, -0.1) is 0 Å². The summed E-state index contributed by atoms with van der Waals surface area (Å²) in [5, 5.41) is 4.74. The van der Waals surface area contributed by atoms with Gasteiger partial charge in [-0.3, -0.25) is 10.0 Å². The number of nitrogens with one attached hydrogen (secondary N) is 1. The Balaban J connectivity index is 1.09. The van der Waals surface area contributed by atoms with E-state index in [1.54, 1.807) is 0 Å². The van der Waals surface area contributed by atoms with Crippen molar-refractivity contribution < 1.29 is 0 Å². The monoisotopic (exact) mass is 594 g/mol. The van der Waals surface area contributed by atoms with Crippen LogP contribution in [-0.4, -0.2) is 15.4 Å². The van der Waals surface area contributed by atoms with Crippen LogP contribution in [0.1, 0.15) is 47.8 Å². The Labute approximate surface area is 269 Å². The van der Waals surface area contributed by atoms with Gasteiger partial charge < -0.3 is 4.57 Å². The van der Waals surface area contributed by atoms with Crippen molar-refractivity contribution in [2.24, 2.45) is 4.99 Å². The van der Waals surface area contributed by atoms with Crippen LogP contribution in [0.4, 0.5) is 0 Å². The first-order valence-electron chi connectivity index (χ1n) is 16.0. The van der Waals surface area contributed by atoms with Crippen LogP contribution in [0.2, 0.25) is 0 Å². The van der Waals surface area contributed by atoms with Gasteiger partial charge >= 0.3 is 0 Å². The number of hydrogen-bond acceptors (Lipinski definition) is 2. The lowest BCUT2D eigenvalue weighted by Crippen LogP contribution is -2.16. The minimum absolute atomic E-state index is 0.0499. The van der Waals surface area contributed by atoms with Gasteiger partial charge in [0, 0.05) is 27.4 Å². The van der Waals surface area contributed by atoms with Crippen LogP contribution in [0.3, 0.4) is 0 Å². The van der Waals surface area contributed by atoms with E-state index in [9.17, 15) is 0 Å². The molecule has 222 valence electrons. The van der Waals surface area contributed by atoms with Gasteiger partial charge in [-0.05, 0) is 63.7 Å². The van der Waals surface area contributed by atoms with Crippen molar-refractivity contribution in [1.29, 1.82) is 0 Å². The molecule has 1 saturated heterocycles. The van der Waals surface area contributed by atoms with Gasteiger partial charge in [-0.1, -0.05) is 129 Å². The lowest BCUT2D eigenvalue weighted by molar-refractivity contribution is 0.661. The Kier molecular flexibility index (Phi) is 6.02. The lowest BCUT2D eigenvalue weighted by Gasteiger charge is -2.21. The zero-order chi connectivity index (χ0) is 30.8. The highest BCUT2D eigenvalue weighted by Gasteiger charge is 2.38. The quantitative estimate of drug-likeness (QED) is 0.123. The van der Waals surface area contributed by atoms with E-state index < -0.39 is 0 Å². The number of rotatable bonds is 5. The molecule has 9 rings (SSSR count). The van der Waals surface area contributed by atoms with E-state index in [0.29, 0.717) is 6.54 Å². The van der Waals surface area contributed by atoms with E-state index in [0.717, 1.165) is 17.1 Å². The van der Waals surface area contributed by atoms with E-state index in [2.05, 4.69) is 168 Å². The molecular weight excluding hydrogens is 560 g/mol. The van der Waals surface area contributed by atoms with Gasteiger partial charge in [0.05, 0.1) is 17.6 Å². The molecule has 0 bridgehead atoms. The van der Waals surface area contributed by atoms with Crippen LogP contribution in [-0.2, 0) is 12.0 Å². The molecule has 0 amide bonds.